The summed E-state index contributed by atoms with van der Waals surface area (Å²) in [5, 5.41) is 11.3. The maximum Gasteiger partial charge on any atom is 0.320 e. The minimum atomic E-state index is -0.836. The lowest BCUT2D eigenvalue weighted by Crippen LogP contribution is -2.46. The summed E-state index contributed by atoms with van der Waals surface area (Å²) in [6.45, 7) is 0.832. The number of aromatic nitrogens is 1. The first-order valence-corrected chi connectivity index (χ1v) is 6.46. The fourth-order valence-corrected chi connectivity index (χ4v) is 2.64. The zero-order chi connectivity index (χ0) is 12.3. The molecule has 0 amide bonds. The minimum Gasteiger partial charge on any atom is -0.480 e. The Kier molecular flexibility index (Phi) is 3.86. The van der Waals surface area contributed by atoms with Crippen molar-refractivity contribution in [2.75, 3.05) is 13.1 Å². The Labute approximate surface area is 103 Å². The van der Waals surface area contributed by atoms with Crippen molar-refractivity contribution in [3.05, 3.63) is 16.6 Å². The van der Waals surface area contributed by atoms with E-state index >= 15 is 0 Å². The van der Waals surface area contributed by atoms with Crippen LogP contribution >= 0.6 is 11.3 Å². The van der Waals surface area contributed by atoms with Gasteiger partial charge in [0.2, 0.25) is 5.78 Å². The molecule has 1 N–H and O–H groups in total. The molecule has 1 saturated heterocycles. The summed E-state index contributed by atoms with van der Waals surface area (Å²) in [5.41, 5.74) is 0. The van der Waals surface area contributed by atoms with Crippen LogP contribution in [0.15, 0.2) is 11.6 Å². The van der Waals surface area contributed by atoms with Crippen molar-refractivity contribution in [2.24, 2.45) is 0 Å². The molecule has 0 aliphatic carbocycles. The van der Waals surface area contributed by atoms with Gasteiger partial charge >= 0.3 is 5.97 Å². The van der Waals surface area contributed by atoms with E-state index in [1.807, 2.05) is 0 Å². The van der Waals surface area contributed by atoms with Crippen LogP contribution in [0.3, 0.4) is 0 Å². The highest BCUT2D eigenvalue weighted by molar-refractivity contribution is 7.11. The summed E-state index contributed by atoms with van der Waals surface area (Å²) in [5.74, 6) is -0.926. The van der Waals surface area contributed by atoms with Crippen LogP contribution in [-0.4, -0.2) is 45.9 Å². The van der Waals surface area contributed by atoms with Crippen LogP contribution in [0.5, 0.6) is 0 Å². The summed E-state index contributed by atoms with van der Waals surface area (Å²) in [4.78, 5) is 28.6. The van der Waals surface area contributed by atoms with Crippen LogP contribution in [0.2, 0.25) is 0 Å². The van der Waals surface area contributed by atoms with Gasteiger partial charge in [-0.1, -0.05) is 6.42 Å². The van der Waals surface area contributed by atoms with Gasteiger partial charge in [0.1, 0.15) is 6.04 Å². The van der Waals surface area contributed by atoms with Crippen molar-refractivity contribution in [3.63, 3.8) is 0 Å². The number of hydrogen-bond acceptors (Lipinski definition) is 5. The van der Waals surface area contributed by atoms with E-state index in [1.165, 1.54) is 11.3 Å². The summed E-state index contributed by atoms with van der Waals surface area (Å²) >= 11 is 1.29. The van der Waals surface area contributed by atoms with Crippen LogP contribution in [0, 0.1) is 0 Å². The molecule has 1 aromatic heterocycles. The molecule has 0 radical (unpaired) electrons. The highest BCUT2D eigenvalue weighted by atomic mass is 32.1. The van der Waals surface area contributed by atoms with E-state index < -0.39 is 12.0 Å². The number of carboxylic acids is 1. The molecule has 5 nitrogen and oxygen atoms in total. The lowest BCUT2D eigenvalue weighted by Gasteiger charge is -2.31. The van der Waals surface area contributed by atoms with Gasteiger partial charge in [-0.25, -0.2) is 4.98 Å². The summed E-state index contributed by atoms with van der Waals surface area (Å²) in [7, 11) is 0. The molecule has 6 heteroatoms. The van der Waals surface area contributed by atoms with Gasteiger partial charge < -0.3 is 5.11 Å². The second-order valence-corrected chi connectivity index (χ2v) is 4.98. The van der Waals surface area contributed by atoms with Crippen LogP contribution in [-0.2, 0) is 4.79 Å². The van der Waals surface area contributed by atoms with Gasteiger partial charge in [-0.3, -0.25) is 14.5 Å². The normalized spacial score (nSPS) is 21.3. The van der Waals surface area contributed by atoms with Gasteiger partial charge in [-0.15, -0.1) is 11.3 Å². The number of likely N-dealkylation sites (tertiary alicyclic amines) is 1. The van der Waals surface area contributed by atoms with Crippen molar-refractivity contribution in [1.29, 1.82) is 0 Å². The van der Waals surface area contributed by atoms with Crippen molar-refractivity contribution in [3.8, 4) is 0 Å². The average Bonchev–Trinajstić information content (AvgIpc) is 2.83. The minimum absolute atomic E-state index is 0.0897. The maximum atomic E-state index is 11.9. The van der Waals surface area contributed by atoms with E-state index in [2.05, 4.69) is 4.98 Å². The molecule has 0 saturated carbocycles. The lowest BCUT2D eigenvalue weighted by atomic mass is 10.0. The molecule has 0 spiro atoms. The maximum absolute atomic E-state index is 11.9. The van der Waals surface area contributed by atoms with E-state index in [9.17, 15) is 9.59 Å². The number of carboxylic acid groups (broad SMARTS) is 1. The van der Waals surface area contributed by atoms with Crippen molar-refractivity contribution >= 4 is 23.1 Å². The second kappa shape index (κ2) is 5.37. The van der Waals surface area contributed by atoms with E-state index in [4.69, 9.17) is 5.11 Å². The molecule has 1 atom stereocenters. The third-order valence-corrected chi connectivity index (χ3v) is 3.73. The number of nitrogens with zero attached hydrogens (tertiary/aromatic N) is 2. The first-order valence-electron chi connectivity index (χ1n) is 5.58. The van der Waals surface area contributed by atoms with Crippen LogP contribution < -0.4 is 0 Å². The third-order valence-electron chi connectivity index (χ3n) is 2.92. The molecule has 0 aromatic carbocycles. The molecule has 2 heterocycles. The number of carbonyl (C=O) groups is 2. The van der Waals surface area contributed by atoms with Crippen molar-refractivity contribution in [1.82, 2.24) is 9.88 Å². The zero-order valence-corrected chi connectivity index (χ0v) is 10.2. The fourth-order valence-electron chi connectivity index (χ4n) is 2.07. The SMILES string of the molecule is O=C(CN1CCCC[C@H]1C(=O)O)c1nccs1. The number of Topliss-reactive ketones (excluding diaryl/α,β-unsaturated/α-hetero) is 1. The Bertz CT molecular complexity index is 405. The van der Waals surface area contributed by atoms with Crippen molar-refractivity contribution < 1.29 is 14.7 Å². The first kappa shape index (κ1) is 12.2. The van der Waals surface area contributed by atoms with Crippen molar-refractivity contribution in [2.45, 2.75) is 25.3 Å². The number of rotatable bonds is 4. The first-order chi connectivity index (χ1) is 8.18. The Morgan fingerprint density at radius 1 is 1.53 bits per heavy atom. The molecule has 1 aliphatic heterocycles. The number of carbonyl (C=O) groups excluding carboxylic acids is 1. The molecule has 1 aliphatic rings. The number of piperidine rings is 1. The smallest absolute Gasteiger partial charge is 0.320 e. The fraction of sp³-hybridized carbons (Fsp3) is 0.545. The molecule has 0 bridgehead atoms. The van der Waals surface area contributed by atoms with Gasteiger partial charge in [0, 0.05) is 11.6 Å². The van der Waals surface area contributed by atoms with E-state index in [1.54, 1.807) is 16.5 Å². The van der Waals surface area contributed by atoms with Gasteiger partial charge in [0.15, 0.2) is 5.01 Å². The second-order valence-electron chi connectivity index (χ2n) is 4.08. The predicted molar refractivity (Wildman–Crippen MR) is 63.3 cm³/mol. The highest BCUT2D eigenvalue weighted by Crippen LogP contribution is 2.18. The average molecular weight is 254 g/mol. The quantitative estimate of drug-likeness (QED) is 0.819. The largest absolute Gasteiger partial charge is 0.480 e. The van der Waals surface area contributed by atoms with Crippen LogP contribution in [0.1, 0.15) is 29.1 Å². The standard InChI is InChI=1S/C11H14N2O3S/c14-9(10-12-4-6-17-10)7-13-5-2-1-3-8(13)11(15)16/h4,6,8H,1-3,5,7H2,(H,15,16)/t8-/m0/s1. The van der Waals surface area contributed by atoms with Gasteiger partial charge in [-0.05, 0) is 19.4 Å². The Balaban J connectivity index is 2.01. The molecule has 1 aromatic rings. The van der Waals surface area contributed by atoms with Gasteiger partial charge in [-0.2, -0.15) is 0 Å². The van der Waals surface area contributed by atoms with Crippen LogP contribution in [0.4, 0.5) is 0 Å². The topological polar surface area (TPSA) is 70.5 Å². The van der Waals surface area contributed by atoms with E-state index in [0.717, 1.165) is 12.8 Å². The van der Waals surface area contributed by atoms with Gasteiger partial charge in [0.05, 0.1) is 6.54 Å². The monoisotopic (exact) mass is 254 g/mol. The number of thiazole rings is 1. The van der Waals surface area contributed by atoms with E-state index in [0.29, 0.717) is 18.0 Å². The number of hydrogen-bond donors (Lipinski definition) is 1. The van der Waals surface area contributed by atoms with Gasteiger partial charge in [0.25, 0.3) is 0 Å². The molecule has 92 valence electrons. The Hall–Kier alpha value is -1.27. The lowest BCUT2D eigenvalue weighted by molar-refractivity contribution is -0.144. The molecule has 1 fully saturated rings. The molecule has 17 heavy (non-hydrogen) atoms. The molecular formula is C11H14N2O3S. The molecule has 2 rings (SSSR count). The highest BCUT2D eigenvalue weighted by Gasteiger charge is 2.30. The third kappa shape index (κ3) is 2.89. The van der Waals surface area contributed by atoms with Crippen LogP contribution in [0.25, 0.3) is 0 Å². The summed E-state index contributed by atoms with van der Waals surface area (Å²) < 4.78 is 0. The summed E-state index contributed by atoms with van der Waals surface area (Å²) in [6, 6.07) is -0.521. The zero-order valence-electron chi connectivity index (χ0n) is 9.33. The molecular weight excluding hydrogens is 240 g/mol. The summed E-state index contributed by atoms with van der Waals surface area (Å²) in [6.07, 6.45) is 4.08. The number of ketones is 1. The Morgan fingerprint density at radius 2 is 2.35 bits per heavy atom. The predicted octanol–water partition coefficient (Wildman–Crippen LogP) is 1.26. The molecule has 0 unspecified atom stereocenters. The Morgan fingerprint density at radius 3 is 3.00 bits per heavy atom. The van der Waals surface area contributed by atoms with E-state index in [-0.39, 0.29) is 12.3 Å². The number of aliphatic carboxylic acids is 1.